The first-order chi connectivity index (χ1) is 16.2. The molecular formula is C27H29N3O3. The Morgan fingerprint density at radius 3 is 2.09 bits per heavy atom. The molecule has 170 valence electrons. The van der Waals surface area contributed by atoms with E-state index in [1.807, 2.05) is 84.9 Å². The molecule has 0 aliphatic carbocycles. The number of hydrogen-bond acceptors (Lipinski definition) is 4. The third kappa shape index (κ3) is 6.92. The Balaban J connectivity index is 1.17. The van der Waals surface area contributed by atoms with E-state index in [0.717, 1.165) is 42.9 Å². The average Bonchev–Trinajstić information content (AvgIpc) is 2.85. The first-order valence-electron chi connectivity index (χ1n) is 11.3. The Morgan fingerprint density at radius 1 is 0.818 bits per heavy atom. The van der Waals surface area contributed by atoms with Crippen LogP contribution < -0.4 is 15.4 Å². The van der Waals surface area contributed by atoms with Crippen LogP contribution in [-0.2, 0) is 16.1 Å². The summed E-state index contributed by atoms with van der Waals surface area (Å²) in [4.78, 5) is 27.0. The third-order valence-corrected chi connectivity index (χ3v) is 5.75. The summed E-state index contributed by atoms with van der Waals surface area (Å²) in [6.07, 6.45) is 1.53. The molecule has 0 saturated carbocycles. The van der Waals surface area contributed by atoms with Crippen molar-refractivity contribution in [3.63, 3.8) is 0 Å². The van der Waals surface area contributed by atoms with Gasteiger partial charge in [0, 0.05) is 18.2 Å². The van der Waals surface area contributed by atoms with Crippen molar-refractivity contribution in [1.29, 1.82) is 0 Å². The van der Waals surface area contributed by atoms with Crippen LogP contribution in [0.15, 0.2) is 84.9 Å². The molecule has 3 aromatic carbocycles. The number of para-hydroxylation sites is 1. The van der Waals surface area contributed by atoms with Crippen molar-refractivity contribution in [2.24, 2.45) is 5.92 Å². The maximum absolute atomic E-state index is 12.5. The van der Waals surface area contributed by atoms with E-state index < -0.39 is 0 Å². The molecule has 6 nitrogen and oxygen atoms in total. The first kappa shape index (κ1) is 22.6. The summed E-state index contributed by atoms with van der Waals surface area (Å²) in [6, 6.07) is 26.8. The Kier molecular flexibility index (Phi) is 7.72. The van der Waals surface area contributed by atoms with Gasteiger partial charge in [0.1, 0.15) is 11.5 Å². The lowest BCUT2D eigenvalue weighted by Gasteiger charge is -2.30. The monoisotopic (exact) mass is 443 g/mol. The molecule has 4 rings (SSSR count). The summed E-state index contributed by atoms with van der Waals surface area (Å²) in [5.41, 5.74) is 1.83. The number of piperidine rings is 1. The number of carbonyl (C=O) groups excluding carboxylic acids is 2. The van der Waals surface area contributed by atoms with Gasteiger partial charge in [-0.1, -0.05) is 48.5 Å². The molecule has 1 aliphatic rings. The van der Waals surface area contributed by atoms with E-state index >= 15 is 0 Å². The van der Waals surface area contributed by atoms with Gasteiger partial charge in [-0.25, -0.2) is 0 Å². The first-order valence-corrected chi connectivity index (χ1v) is 11.3. The van der Waals surface area contributed by atoms with Crippen LogP contribution in [0.3, 0.4) is 0 Å². The maximum Gasteiger partial charge on any atom is 0.238 e. The molecule has 0 radical (unpaired) electrons. The molecule has 0 aromatic heterocycles. The molecule has 1 aliphatic heterocycles. The standard InChI is InChI=1S/C27H29N3O3/c31-26(29-23-11-13-25(14-12-23)33-24-9-5-2-6-10-24)20-30-17-15-22(16-18-30)27(32)28-19-21-7-3-1-4-8-21/h1-14,22H,15-20H2,(H,28,32)(H,29,31). The van der Waals surface area contributed by atoms with Gasteiger partial charge in [-0.3, -0.25) is 14.5 Å². The lowest BCUT2D eigenvalue weighted by molar-refractivity contribution is -0.126. The Bertz CT molecular complexity index is 1030. The van der Waals surface area contributed by atoms with Crippen molar-refractivity contribution in [2.75, 3.05) is 25.0 Å². The second-order valence-electron chi connectivity index (χ2n) is 8.24. The molecule has 0 atom stereocenters. The number of ether oxygens (including phenoxy) is 1. The van der Waals surface area contributed by atoms with Gasteiger partial charge in [-0.05, 0) is 67.9 Å². The lowest BCUT2D eigenvalue weighted by Crippen LogP contribution is -2.43. The van der Waals surface area contributed by atoms with Crippen molar-refractivity contribution in [1.82, 2.24) is 10.2 Å². The van der Waals surface area contributed by atoms with E-state index in [9.17, 15) is 9.59 Å². The van der Waals surface area contributed by atoms with Crippen molar-refractivity contribution in [2.45, 2.75) is 19.4 Å². The molecule has 33 heavy (non-hydrogen) atoms. The molecule has 2 amide bonds. The molecule has 3 aromatic rings. The minimum atomic E-state index is -0.0568. The number of hydrogen-bond donors (Lipinski definition) is 2. The fraction of sp³-hybridized carbons (Fsp3) is 0.259. The summed E-state index contributed by atoms with van der Waals surface area (Å²) in [5.74, 6) is 1.53. The van der Waals surface area contributed by atoms with Gasteiger partial charge < -0.3 is 15.4 Å². The fourth-order valence-electron chi connectivity index (χ4n) is 3.92. The molecule has 6 heteroatoms. The predicted molar refractivity (Wildman–Crippen MR) is 129 cm³/mol. The topological polar surface area (TPSA) is 70.7 Å². The molecule has 1 heterocycles. The van der Waals surface area contributed by atoms with Crippen molar-refractivity contribution in [3.8, 4) is 11.5 Å². The van der Waals surface area contributed by atoms with Crippen LogP contribution >= 0.6 is 0 Å². The Hall–Kier alpha value is -3.64. The summed E-state index contributed by atoms with van der Waals surface area (Å²) >= 11 is 0. The number of benzene rings is 3. The number of rotatable bonds is 8. The average molecular weight is 444 g/mol. The number of nitrogens with one attached hydrogen (secondary N) is 2. The second-order valence-corrected chi connectivity index (χ2v) is 8.24. The van der Waals surface area contributed by atoms with E-state index in [1.165, 1.54) is 0 Å². The highest BCUT2D eigenvalue weighted by atomic mass is 16.5. The van der Waals surface area contributed by atoms with Crippen molar-refractivity contribution in [3.05, 3.63) is 90.5 Å². The fourth-order valence-corrected chi connectivity index (χ4v) is 3.92. The van der Waals surface area contributed by atoms with Crippen LogP contribution in [0, 0.1) is 5.92 Å². The highest BCUT2D eigenvalue weighted by Gasteiger charge is 2.25. The van der Waals surface area contributed by atoms with Crippen LogP contribution in [0.2, 0.25) is 0 Å². The zero-order valence-corrected chi connectivity index (χ0v) is 18.6. The molecule has 1 fully saturated rings. The van der Waals surface area contributed by atoms with Crippen LogP contribution in [0.5, 0.6) is 11.5 Å². The van der Waals surface area contributed by atoms with Gasteiger partial charge in [0.15, 0.2) is 0 Å². The predicted octanol–water partition coefficient (Wildman–Crippen LogP) is 4.45. The van der Waals surface area contributed by atoms with Gasteiger partial charge in [0.25, 0.3) is 0 Å². The number of carbonyl (C=O) groups is 2. The summed E-state index contributed by atoms with van der Waals surface area (Å²) in [5, 5.41) is 5.97. The number of likely N-dealkylation sites (tertiary alicyclic amines) is 1. The molecule has 0 bridgehead atoms. The Morgan fingerprint density at radius 2 is 1.42 bits per heavy atom. The van der Waals surface area contributed by atoms with Crippen LogP contribution in [0.4, 0.5) is 5.69 Å². The molecule has 0 spiro atoms. The molecule has 1 saturated heterocycles. The van der Waals surface area contributed by atoms with E-state index in [4.69, 9.17) is 4.74 Å². The lowest BCUT2D eigenvalue weighted by atomic mass is 9.96. The summed E-state index contributed by atoms with van der Waals surface area (Å²) in [7, 11) is 0. The van der Waals surface area contributed by atoms with E-state index in [1.54, 1.807) is 0 Å². The zero-order chi connectivity index (χ0) is 22.9. The quantitative estimate of drug-likeness (QED) is 0.540. The summed E-state index contributed by atoms with van der Waals surface area (Å²) < 4.78 is 5.78. The maximum atomic E-state index is 12.5. The van der Waals surface area contributed by atoms with Crippen LogP contribution in [0.25, 0.3) is 0 Å². The zero-order valence-electron chi connectivity index (χ0n) is 18.6. The molecule has 0 unspecified atom stereocenters. The largest absolute Gasteiger partial charge is 0.457 e. The van der Waals surface area contributed by atoms with Crippen LogP contribution in [0.1, 0.15) is 18.4 Å². The van der Waals surface area contributed by atoms with Gasteiger partial charge in [-0.15, -0.1) is 0 Å². The second kappa shape index (κ2) is 11.3. The number of nitrogens with zero attached hydrogens (tertiary/aromatic N) is 1. The number of anilines is 1. The number of amides is 2. The van der Waals surface area contributed by atoms with Gasteiger partial charge >= 0.3 is 0 Å². The highest BCUT2D eigenvalue weighted by molar-refractivity contribution is 5.92. The van der Waals surface area contributed by atoms with E-state index in [2.05, 4.69) is 15.5 Å². The Labute approximate surface area is 194 Å². The highest BCUT2D eigenvalue weighted by Crippen LogP contribution is 2.23. The third-order valence-electron chi connectivity index (χ3n) is 5.75. The van der Waals surface area contributed by atoms with Crippen molar-refractivity contribution >= 4 is 17.5 Å². The molecular weight excluding hydrogens is 414 g/mol. The smallest absolute Gasteiger partial charge is 0.238 e. The van der Waals surface area contributed by atoms with Crippen molar-refractivity contribution < 1.29 is 14.3 Å². The van der Waals surface area contributed by atoms with Crippen LogP contribution in [-0.4, -0.2) is 36.3 Å². The van der Waals surface area contributed by atoms with E-state index in [0.29, 0.717) is 18.8 Å². The normalized spacial score (nSPS) is 14.4. The van der Waals surface area contributed by atoms with Gasteiger partial charge in [0.2, 0.25) is 11.8 Å². The summed E-state index contributed by atoms with van der Waals surface area (Å²) in [6.45, 7) is 2.35. The van der Waals surface area contributed by atoms with Gasteiger partial charge in [-0.2, -0.15) is 0 Å². The SMILES string of the molecule is O=C(CN1CCC(C(=O)NCc2ccccc2)CC1)Nc1ccc(Oc2ccccc2)cc1. The van der Waals surface area contributed by atoms with Gasteiger partial charge in [0.05, 0.1) is 6.54 Å². The van der Waals surface area contributed by atoms with E-state index in [-0.39, 0.29) is 17.7 Å². The minimum Gasteiger partial charge on any atom is -0.457 e. The minimum absolute atomic E-state index is 0.00480. The molecule has 2 N–H and O–H groups in total.